The van der Waals surface area contributed by atoms with Crippen LogP contribution in [-0.4, -0.2) is 42.1 Å². The van der Waals surface area contributed by atoms with Crippen molar-refractivity contribution in [2.75, 3.05) is 27.2 Å². The number of nitrogens with zero attached hydrogens (tertiary/aromatic N) is 3. The molecular weight excluding hydrogens is 450 g/mol. The molecule has 0 N–H and O–H groups in total. The van der Waals surface area contributed by atoms with Crippen LogP contribution in [0.5, 0.6) is 11.5 Å². The van der Waals surface area contributed by atoms with Crippen LogP contribution in [-0.2, 0) is 6.61 Å². The van der Waals surface area contributed by atoms with Gasteiger partial charge in [0.25, 0.3) is 0 Å². The van der Waals surface area contributed by atoms with Gasteiger partial charge >= 0.3 is 0 Å². The zero-order valence-corrected chi connectivity index (χ0v) is 20.8. The van der Waals surface area contributed by atoms with Gasteiger partial charge < -0.3 is 18.8 Å². The minimum Gasteiger partial charge on any atom is -0.492 e. The van der Waals surface area contributed by atoms with Gasteiger partial charge in [0.1, 0.15) is 24.7 Å². The molecule has 5 rings (SSSR count). The second kappa shape index (κ2) is 10.6. The number of fused-ring (bicyclic) bond motifs is 1. The number of hydrogen-bond donors (Lipinski definition) is 0. The van der Waals surface area contributed by atoms with Crippen LogP contribution < -0.4 is 9.47 Å². The molecule has 0 aliphatic carbocycles. The summed E-state index contributed by atoms with van der Waals surface area (Å²) in [5.74, 6) is 2.30. The smallest absolute Gasteiger partial charge is 0.181 e. The van der Waals surface area contributed by atoms with Crippen LogP contribution >= 0.6 is 0 Å². The summed E-state index contributed by atoms with van der Waals surface area (Å²) in [4.78, 5) is 11.2. The first-order valence-electron chi connectivity index (χ1n) is 12.0. The molecule has 0 aliphatic heterocycles. The summed E-state index contributed by atoms with van der Waals surface area (Å²) in [6.07, 6.45) is 3.17. The number of ether oxygens (including phenoxy) is 2. The molecule has 36 heavy (non-hydrogen) atoms. The van der Waals surface area contributed by atoms with Gasteiger partial charge in [-0.05, 0) is 56.4 Å². The number of oxazole rings is 1. The lowest BCUT2D eigenvalue weighted by molar-refractivity contribution is 0.261. The average molecular weight is 480 g/mol. The number of aryl methyl sites for hydroxylation is 1. The van der Waals surface area contributed by atoms with Gasteiger partial charge in [-0.25, -0.2) is 9.97 Å². The fraction of sp³-hybridized carbons (Fsp3) is 0.200. The zero-order valence-electron chi connectivity index (χ0n) is 20.8. The van der Waals surface area contributed by atoms with E-state index >= 15 is 0 Å². The molecule has 0 spiro atoms. The molecule has 0 saturated carbocycles. The molecule has 6 heteroatoms. The van der Waals surface area contributed by atoms with Gasteiger partial charge in [0.05, 0.1) is 17.4 Å². The number of rotatable bonds is 9. The summed E-state index contributed by atoms with van der Waals surface area (Å²) in [7, 11) is 4.07. The topological polar surface area (TPSA) is 60.6 Å². The van der Waals surface area contributed by atoms with Gasteiger partial charge in [-0.1, -0.05) is 42.5 Å². The largest absolute Gasteiger partial charge is 0.492 e. The SMILES string of the molecule is Cc1cc2nc(-c3cccc(OCCN(C)C)c3)cc(OCc3ccccc3)c2cc1-c1cnco1. The molecule has 3 aromatic carbocycles. The first-order valence-corrected chi connectivity index (χ1v) is 12.0. The van der Waals surface area contributed by atoms with E-state index in [4.69, 9.17) is 18.9 Å². The second-order valence-corrected chi connectivity index (χ2v) is 9.01. The Morgan fingerprint density at radius 1 is 0.917 bits per heavy atom. The van der Waals surface area contributed by atoms with Crippen LogP contribution in [0.15, 0.2) is 89.8 Å². The molecule has 2 heterocycles. The molecule has 0 fully saturated rings. The third kappa shape index (κ3) is 5.39. The summed E-state index contributed by atoms with van der Waals surface area (Å²) in [5, 5.41) is 0.921. The van der Waals surface area contributed by atoms with E-state index in [0.717, 1.165) is 62.7 Å². The van der Waals surface area contributed by atoms with Crippen molar-refractivity contribution in [1.82, 2.24) is 14.9 Å². The monoisotopic (exact) mass is 479 g/mol. The summed E-state index contributed by atoms with van der Waals surface area (Å²) in [6, 6.07) is 24.3. The van der Waals surface area contributed by atoms with Crippen LogP contribution in [0.2, 0.25) is 0 Å². The highest BCUT2D eigenvalue weighted by Crippen LogP contribution is 2.36. The Morgan fingerprint density at radius 2 is 1.78 bits per heavy atom. The van der Waals surface area contributed by atoms with E-state index in [9.17, 15) is 0 Å². The predicted molar refractivity (Wildman–Crippen MR) is 142 cm³/mol. The maximum atomic E-state index is 6.38. The average Bonchev–Trinajstić information content (AvgIpc) is 3.42. The van der Waals surface area contributed by atoms with Crippen LogP contribution in [0.1, 0.15) is 11.1 Å². The van der Waals surface area contributed by atoms with Gasteiger partial charge in [0.2, 0.25) is 0 Å². The molecule has 0 saturated heterocycles. The van der Waals surface area contributed by atoms with E-state index in [1.165, 1.54) is 6.39 Å². The van der Waals surface area contributed by atoms with Crippen molar-refractivity contribution >= 4 is 10.9 Å². The van der Waals surface area contributed by atoms with E-state index in [2.05, 4.69) is 41.1 Å². The molecule has 0 aliphatic rings. The zero-order chi connectivity index (χ0) is 24.9. The Labute approximate surface area is 211 Å². The lowest BCUT2D eigenvalue weighted by atomic mass is 10.0. The molecule has 0 amide bonds. The van der Waals surface area contributed by atoms with Crippen LogP contribution in [0.25, 0.3) is 33.5 Å². The van der Waals surface area contributed by atoms with Crippen LogP contribution in [0.4, 0.5) is 0 Å². The third-order valence-corrected chi connectivity index (χ3v) is 5.99. The van der Waals surface area contributed by atoms with E-state index in [-0.39, 0.29) is 0 Å². The number of pyridine rings is 1. The van der Waals surface area contributed by atoms with Gasteiger partial charge in [-0.3, -0.25) is 0 Å². The maximum Gasteiger partial charge on any atom is 0.181 e. The van der Waals surface area contributed by atoms with E-state index in [1.807, 2.05) is 62.6 Å². The van der Waals surface area contributed by atoms with E-state index in [0.29, 0.717) is 13.2 Å². The Kier molecular flexibility index (Phi) is 6.96. The van der Waals surface area contributed by atoms with Gasteiger partial charge in [0.15, 0.2) is 12.2 Å². The van der Waals surface area contributed by atoms with Crippen LogP contribution in [0.3, 0.4) is 0 Å². The number of aromatic nitrogens is 2. The van der Waals surface area contributed by atoms with Gasteiger partial charge in [0, 0.05) is 29.1 Å². The first-order chi connectivity index (χ1) is 17.6. The van der Waals surface area contributed by atoms with Gasteiger partial charge in [-0.15, -0.1) is 0 Å². The summed E-state index contributed by atoms with van der Waals surface area (Å²) in [5.41, 5.74) is 5.78. The maximum absolute atomic E-state index is 6.38. The third-order valence-electron chi connectivity index (χ3n) is 5.99. The van der Waals surface area contributed by atoms with Crippen molar-refractivity contribution in [3.63, 3.8) is 0 Å². The Balaban J connectivity index is 1.55. The predicted octanol–water partition coefficient (Wildman–Crippen LogP) is 6.38. The van der Waals surface area contributed by atoms with Crippen molar-refractivity contribution in [2.45, 2.75) is 13.5 Å². The molecule has 0 radical (unpaired) electrons. The molecule has 0 bridgehead atoms. The Hall–Kier alpha value is -4.16. The van der Waals surface area contributed by atoms with E-state index in [1.54, 1.807) is 6.20 Å². The summed E-state index contributed by atoms with van der Waals surface area (Å²) < 4.78 is 17.9. The highest BCUT2D eigenvalue weighted by atomic mass is 16.5. The lowest BCUT2D eigenvalue weighted by Gasteiger charge is -2.15. The van der Waals surface area contributed by atoms with Crippen LogP contribution in [0, 0.1) is 6.92 Å². The minimum absolute atomic E-state index is 0.457. The normalized spacial score (nSPS) is 11.2. The van der Waals surface area contributed by atoms with Gasteiger partial charge in [-0.2, -0.15) is 0 Å². The minimum atomic E-state index is 0.457. The number of hydrogen-bond acceptors (Lipinski definition) is 6. The number of benzene rings is 3. The highest BCUT2D eigenvalue weighted by Gasteiger charge is 2.15. The van der Waals surface area contributed by atoms with Crippen molar-refractivity contribution < 1.29 is 13.9 Å². The fourth-order valence-electron chi connectivity index (χ4n) is 4.05. The quantitative estimate of drug-likeness (QED) is 0.244. The molecule has 5 aromatic rings. The molecule has 182 valence electrons. The summed E-state index contributed by atoms with van der Waals surface area (Å²) in [6.45, 7) is 3.98. The fourth-order valence-corrected chi connectivity index (χ4v) is 4.05. The molecule has 2 aromatic heterocycles. The molecule has 0 unspecified atom stereocenters. The van der Waals surface area contributed by atoms with Crippen molar-refractivity contribution in [3.05, 3.63) is 96.5 Å². The molecular formula is C30H29N3O3. The summed E-state index contributed by atoms with van der Waals surface area (Å²) >= 11 is 0. The first kappa shape index (κ1) is 23.6. The van der Waals surface area contributed by atoms with Crippen molar-refractivity contribution in [3.8, 4) is 34.1 Å². The number of likely N-dealkylation sites (N-methyl/N-ethyl adjacent to an activating group) is 1. The molecule has 6 nitrogen and oxygen atoms in total. The standard InChI is InChI=1S/C30H29N3O3/c1-21-14-28-26(16-25(21)30-18-31-20-36-30)29(35-19-22-8-5-4-6-9-22)17-27(32-28)23-10-7-11-24(15-23)34-13-12-33(2)3/h4-11,14-18,20H,12-13,19H2,1-3H3. The Morgan fingerprint density at radius 3 is 2.56 bits per heavy atom. The van der Waals surface area contributed by atoms with E-state index < -0.39 is 0 Å². The molecule has 0 atom stereocenters. The van der Waals surface area contributed by atoms with Crippen molar-refractivity contribution in [2.24, 2.45) is 0 Å². The highest BCUT2D eigenvalue weighted by molar-refractivity contribution is 5.92. The Bertz CT molecular complexity index is 1450. The second-order valence-electron chi connectivity index (χ2n) is 9.01. The lowest BCUT2D eigenvalue weighted by Crippen LogP contribution is -2.19. The van der Waals surface area contributed by atoms with Crippen molar-refractivity contribution in [1.29, 1.82) is 0 Å².